The molecule has 19 heavy (non-hydrogen) atoms. The summed E-state index contributed by atoms with van der Waals surface area (Å²) in [5, 5.41) is 11.1. The summed E-state index contributed by atoms with van der Waals surface area (Å²) in [5.41, 5.74) is 1.12. The second-order valence-corrected chi connectivity index (χ2v) is 6.10. The van der Waals surface area contributed by atoms with E-state index >= 15 is 0 Å². The minimum Gasteiger partial charge on any atom is -0.367 e. The Kier molecular flexibility index (Phi) is 3.57. The van der Waals surface area contributed by atoms with Gasteiger partial charge in [0.2, 0.25) is 5.13 Å². The van der Waals surface area contributed by atoms with E-state index in [1.165, 1.54) is 0 Å². The van der Waals surface area contributed by atoms with Gasteiger partial charge in [0, 0.05) is 26.2 Å². The molecule has 2 heterocycles. The Balaban J connectivity index is 1.68. The van der Waals surface area contributed by atoms with Gasteiger partial charge in [-0.2, -0.15) is 0 Å². The minimum atomic E-state index is 0.822. The summed E-state index contributed by atoms with van der Waals surface area (Å²) in [6.07, 6.45) is 0. The van der Waals surface area contributed by atoms with Crippen LogP contribution < -0.4 is 9.80 Å². The van der Waals surface area contributed by atoms with Gasteiger partial charge in [0.25, 0.3) is 0 Å². The van der Waals surface area contributed by atoms with E-state index in [1.807, 2.05) is 25.1 Å². The maximum absolute atomic E-state index is 6.24. The van der Waals surface area contributed by atoms with Gasteiger partial charge in [0.15, 0.2) is 0 Å². The van der Waals surface area contributed by atoms with E-state index in [0.717, 1.165) is 47.0 Å². The third kappa shape index (κ3) is 2.67. The van der Waals surface area contributed by atoms with Crippen LogP contribution in [0.4, 0.5) is 10.8 Å². The molecular formula is C13H15ClN4S. The Labute approximate surface area is 121 Å². The molecule has 1 aliphatic heterocycles. The van der Waals surface area contributed by atoms with Crippen LogP contribution in [-0.2, 0) is 0 Å². The summed E-state index contributed by atoms with van der Waals surface area (Å²) in [6, 6.07) is 8.01. The van der Waals surface area contributed by atoms with E-state index in [9.17, 15) is 0 Å². The van der Waals surface area contributed by atoms with E-state index in [4.69, 9.17) is 11.6 Å². The number of hydrogen-bond donors (Lipinski definition) is 0. The predicted octanol–water partition coefficient (Wildman–Crippen LogP) is 2.83. The average Bonchev–Trinajstić information content (AvgIpc) is 2.86. The van der Waals surface area contributed by atoms with Gasteiger partial charge in [0.1, 0.15) is 5.01 Å². The number of piperazine rings is 1. The van der Waals surface area contributed by atoms with Crippen LogP contribution in [0.1, 0.15) is 5.01 Å². The number of para-hydroxylation sites is 1. The van der Waals surface area contributed by atoms with Crippen molar-refractivity contribution in [3.8, 4) is 0 Å². The molecule has 0 radical (unpaired) electrons. The van der Waals surface area contributed by atoms with Crippen molar-refractivity contribution in [1.29, 1.82) is 0 Å². The third-order valence-electron chi connectivity index (χ3n) is 3.26. The van der Waals surface area contributed by atoms with Crippen LogP contribution in [0.25, 0.3) is 0 Å². The molecule has 4 nitrogen and oxygen atoms in total. The molecule has 0 bridgehead atoms. The van der Waals surface area contributed by atoms with Crippen LogP contribution in [0.2, 0.25) is 5.02 Å². The van der Waals surface area contributed by atoms with Crippen molar-refractivity contribution < 1.29 is 0 Å². The monoisotopic (exact) mass is 294 g/mol. The predicted molar refractivity (Wildman–Crippen MR) is 80.5 cm³/mol. The zero-order chi connectivity index (χ0) is 13.2. The fraction of sp³-hybridized carbons (Fsp3) is 0.385. The molecule has 1 aliphatic rings. The SMILES string of the molecule is Cc1nnc(N2CCN(c3ccccc3Cl)CC2)s1. The molecule has 0 N–H and O–H groups in total. The number of benzene rings is 1. The van der Waals surface area contributed by atoms with E-state index < -0.39 is 0 Å². The van der Waals surface area contributed by atoms with Crippen LogP contribution in [0.5, 0.6) is 0 Å². The lowest BCUT2D eigenvalue weighted by atomic mass is 10.2. The molecule has 0 unspecified atom stereocenters. The van der Waals surface area contributed by atoms with E-state index in [1.54, 1.807) is 11.3 Å². The normalized spacial score (nSPS) is 15.9. The Morgan fingerprint density at radius 2 is 1.74 bits per heavy atom. The number of anilines is 2. The molecular weight excluding hydrogens is 280 g/mol. The number of nitrogens with zero attached hydrogens (tertiary/aromatic N) is 4. The molecule has 1 fully saturated rings. The first-order valence-electron chi connectivity index (χ1n) is 6.28. The van der Waals surface area contributed by atoms with Crippen LogP contribution in [0.3, 0.4) is 0 Å². The summed E-state index contributed by atoms with van der Waals surface area (Å²) >= 11 is 7.89. The first-order chi connectivity index (χ1) is 9.24. The van der Waals surface area contributed by atoms with Crippen molar-refractivity contribution in [2.24, 2.45) is 0 Å². The molecule has 2 aromatic rings. The van der Waals surface area contributed by atoms with Gasteiger partial charge < -0.3 is 9.80 Å². The second kappa shape index (κ2) is 5.35. The summed E-state index contributed by atoms with van der Waals surface area (Å²) < 4.78 is 0. The van der Waals surface area contributed by atoms with Gasteiger partial charge in [-0.1, -0.05) is 35.1 Å². The zero-order valence-electron chi connectivity index (χ0n) is 10.7. The lowest BCUT2D eigenvalue weighted by Crippen LogP contribution is -2.46. The highest BCUT2D eigenvalue weighted by Gasteiger charge is 2.20. The molecule has 0 spiro atoms. The maximum Gasteiger partial charge on any atom is 0.208 e. The number of aryl methyl sites for hydroxylation is 1. The van der Waals surface area contributed by atoms with Gasteiger partial charge in [-0.15, -0.1) is 10.2 Å². The summed E-state index contributed by atoms with van der Waals surface area (Å²) in [4.78, 5) is 4.62. The van der Waals surface area contributed by atoms with Crippen LogP contribution in [-0.4, -0.2) is 36.4 Å². The summed E-state index contributed by atoms with van der Waals surface area (Å²) in [5.74, 6) is 0. The lowest BCUT2D eigenvalue weighted by molar-refractivity contribution is 0.649. The van der Waals surface area contributed by atoms with Gasteiger partial charge in [-0.3, -0.25) is 0 Å². The fourth-order valence-corrected chi connectivity index (χ4v) is 3.26. The largest absolute Gasteiger partial charge is 0.367 e. The lowest BCUT2D eigenvalue weighted by Gasteiger charge is -2.36. The fourth-order valence-electron chi connectivity index (χ4n) is 2.26. The van der Waals surface area contributed by atoms with Crippen LogP contribution in [0.15, 0.2) is 24.3 Å². The Morgan fingerprint density at radius 3 is 2.37 bits per heavy atom. The van der Waals surface area contributed by atoms with Crippen molar-refractivity contribution in [2.45, 2.75) is 6.92 Å². The van der Waals surface area contributed by atoms with E-state index in [-0.39, 0.29) is 0 Å². The number of hydrogen-bond acceptors (Lipinski definition) is 5. The topological polar surface area (TPSA) is 32.3 Å². The Hall–Kier alpha value is -1.33. The minimum absolute atomic E-state index is 0.822. The summed E-state index contributed by atoms with van der Waals surface area (Å²) in [7, 11) is 0. The van der Waals surface area contributed by atoms with E-state index in [2.05, 4.69) is 26.1 Å². The van der Waals surface area contributed by atoms with Gasteiger partial charge in [-0.05, 0) is 19.1 Å². The quantitative estimate of drug-likeness (QED) is 0.852. The highest BCUT2D eigenvalue weighted by molar-refractivity contribution is 7.15. The van der Waals surface area contributed by atoms with Gasteiger partial charge in [0.05, 0.1) is 10.7 Å². The summed E-state index contributed by atoms with van der Waals surface area (Å²) in [6.45, 7) is 5.82. The second-order valence-electron chi connectivity index (χ2n) is 4.53. The molecule has 1 aromatic heterocycles. The molecule has 0 amide bonds. The number of halogens is 1. The number of aromatic nitrogens is 2. The van der Waals surface area contributed by atoms with Gasteiger partial charge in [-0.25, -0.2) is 0 Å². The van der Waals surface area contributed by atoms with Crippen molar-refractivity contribution in [1.82, 2.24) is 10.2 Å². The van der Waals surface area contributed by atoms with Gasteiger partial charge >= 0.3 is 0 Å². The highest BCUT2D eigenvalue weighted by Crippen LogP contribution is 2.27. The number of rotatable bonds is 2. The zero-order valence-corrected chi connectivity index (χ0v) is 12.3. The Morgan fingerprint density at radius 1 is 1.05 bits per heavy atom. The van der Waals surface area contributed by atoms with Crippen molar-refractivity contribution in [2.75, 3.05) is 36.0 Å². The molecule has 0 atom stereocenters. The van der Waals surface area contributed by atoms with Crippen LogP contribution >= 0.6 is 22.9 Å². The van der Waals surface area contributed by atoms with Crippen LogP contribution in [0, 0.1) is 6.92 Å². The first kappa shape index (κ1) is 12.7. The molecule has 1 aromatic carbocycles. The molecule has 1 saturated heterocycles. The van der Waals surface area contributed by atoms with Crippen molar-refractivity contribution in [3.05, 3.63) is 34.3 Å². The average molecular weight is 295 g/mol. The molecule has 3 rings (SSSR count). The first-order valence-corrected chi connectivity index (χ1v) is 7.48. The van der Waals surface area contributed by atoms with Crippen molar-refractivity contribution in [3.63, 3.8) is 0 Å². The van der Waals surface area contributed by atoms with Crippen molar-refractivity contribution >= 4 is 33.8 Å². The molecule has 6 heteroatoms. The standard InChI is InChI=1S/C13H15ClN4S/c1-10-15-16-13(19-10)18-8-6-17(7-9-18)12-5-3-2-4-11(12)14/h2-5H,6-9H2,1H3. The highest BCUT2D eigenvalue weighted by atomic mass is 35.5. The molecule has 100 valence electrons. The third-order valence-corrected chi connectivity index (χ3v) is 4.48. The molecule has 0 aliphatic carbocycles. The Bertz CT molecular complexity index is 563. The smallest absolute Gasteiger partial charge is 0.208 e. The maximum atomic E-state index is 6.24. The molecule has 0 saturated carbocycles. The van der Waals surface area contributed by atoms with E-state index in [0.29, 0.717) is 0 Å².